The van der Waals surface area contributed by atoms with Gasteiger partial charge in [-0.3, -0.25) is 4.79 Å². The van der Waals surface area contributed by atoms with E-state index in [2.05, 4.69) is 10.3 Å². The first-order valence-electron chi connectivity index (χ1n) is 16.5. The van der Waals surface area contributed by atoms with Crippen LogP contribution in [-0.4, -0.2) is 96.0 Å². The van der Waals surface area contributed by atoms with Crippen molar-refractivity contribution in [2.75, 3.05) is 33.3 Å². The highest BCUT2D eigenvalue weighted by Crippen LogP contribution is 2.25. The number of carbonyl (C=O) groups is 2. The van der Waals surface area contributed by atoms with Gasteiger partial charge < -0.3 is 25.0 Å². The van der Waals surface area contributed by atoms with E-state index in [-0.39, 0.29) is 48.2 Å². The van der Waals surface area contributed by atoms with E-state index in [4.69, 9.17) is 4.74 Å². The Bertz CT molecular complexity index is 1600. The maximum absolute atomic E-state index is 14.2. The Balaban J connectivity index is 1.59. The molecule has 2 heterocycles. The number of thiazole rings is 1. The number of nitrogens with one attached hydrogen (secondary N) is 1. The standard InChI is InChI=1S/C35H49N5O6S2/c1-7-25(4)33(40-18-17-38(35(40)43)21-28-23-47-26(5)36-28)34(42)37-31(19-27-11-9-8-10-12-27)32(41)22-39(20-24(2)3)48(44,45)30-15-13-29(46-6)14-16-30/h8-16,23-25,31-33,41H,7,17-22H2,1-6H3,(H,37,42)/t25-,31-,32+,33-/m0/s1. The molecule has 3 amide bonds. The van der Waals surface area contributed by atoms with Crippen molar-refractivity contribution in [3.63, 3.8) is 0 Å². The van der Waals surface area contributed by atoms with Gasteiger partial charge in [0, 0.05) is 31.6 Å². The number of sulfonamides is 1. The molecule has 1 aliphatic rings. The van der Waals surface area contributed by atoms with Crippen molar-refractivity contribution < 1.29 is 27.9 Å². The normalized spacial score (nSPS) is 16.3. The number of aromatic nitrogens is 1. The lowest BCUT2D eigenvalue weighted by Gasteiger charge is -2.35. The van der Waals surface area contributed by atoms with Crippen LogP contribution in [0.1, 0.15) is 50.4 Å². The van der Waals surface area contributed by atoms with Crippen molar-refractivity contribution in [1.29, 1.82) is 0 Å². The molecular formula is C35H49N5O6S2. The molecule has 1 saturated heterocycles. The van der Waals surface area contributed by atoms with E-state index in [1.807, 2.05) is 70.3 Å². The van der Waals surface area contributed by atoms with Crippen molar-refractivity contribution in [3.8, 4) is 5.75 Å². The molecule has 0 radical (unpaired) electrons. The predicted molar refractivity (Wildman–Crippen MR) is 187 cm³/mol. The average Bonchev–Trinajstić information content (AvgIpc) is 3.64. The second-order valence-corrected chi connectivity index (χ2v) is 15.8. The van der Waals surface area contributed by atoms with Crippen LogP contribution in [0.2, 0.25) is 0 Å². The van der Waals surface area contributed by atoms with Crippen LogP contribution in [-0.2, 0) is 27.8 Å². The Hall–Kier alpha value is -3.52. The summed E-state index contributed by atoms with van der Waals surface area (Å²) < 4.78 is 34.2. The molecule has 11 nitrogen and oxygen atoms in total. The van der Waals surface area contributed by atoms with Gasteiger partial charge in [-0.15, -0.1) is 11.3 Å². The van der Waals surface area contributed by atoms with Gasteiger partial charge in [0.2, 0.25) is 15.9 Å². The van der Waals surface area contributed by atoms with Crippen LogP contribution >= 0.6 is 11.3 Å². The van der Waals surface area contributed by atoms with Gasteiger partial charge in [-0.1, -0.05) is 64.4 Å². The Morgan fingerprint density at radius 1 is 1.08 bits per heavy atom. The van der Waals surface area contributed by atoms with E-state index < -0.39 is 28.2 Å². The number of aliphatic hydroxyl groups excluding tert-OH is 1. The largest absolute Gasteiger partial charge is 0.497 e. The number of ether oxygens (including phenoxy) is 1. The molecule has 4 rings (SSSR count). The summed E-state index contributed by atoms with van der Waals surface area (Å²) in [6.45, 7) is 10.8. The van der Waals surface area contributed by atoms with Gasteiger partial charge >= 0.3 is 6.03 Å². The minimum atomic E-state index is -3.99. The fourth-order valence-electron chi connectivity index (χ4n) is 5.94. The van der Waals surface area contributed by atoms with Crippen LogP contribution in [0.15, 0.2) is 64.9 Å². The van der Waals surface area contributed by atoms with Crippen LogP contribution in [0.5, 0.6) is 5.75 Å². The lowest BCUT2D eigenvalue weighted by molar-refractivity contribution is -0.128. The lowest BCUT2D eigenvalue weighted by Crippen LogP contribution is -2.57. The number of urea groups is 1. The van der Waals surface area contributed by atoms with E-state index in [1.165, 1.54) is 34.9 Å². The summed E-state index contributed by atoms with van der Waals surface area (Å²) in [5.41, 5.74) is 1.69. The molecular weight excluding hydrogens is 651 g/mol. The molecule has 262 valence electrons. The van der Waals surface area contributed by atoms with Crippen molar-refractivity contribution in [2.45, 2.75) is 77.1 Å². The molecule has 4 atom stereocenters. The van der Waals surface area contributed by atoms with Gasteiger partial charge in [0.1, 0.15) is 11.8 Å². The first-order valence-corrected chi connectivity index (χ1v) is 18.8. The topological polar surface area (TPSA) is 132 Å². The minimum absolute atomic E-state index is 0.0282. The van der Waals surface area contributed by atoms with E-state index >= 15 is 0 Å². The number of rotatable bonds is 17. The van der Waals surface area contributed by atoms with Gasteiger partial charge in [-0.2, -0.15) is 4.31 Å². The van der Waals surface area contributed by atoms with E-state index in [1.54, 1.807) is 21.9 Å². The van der Waals surface area contributed by atoms with Gasteiger partial charge in [0.15, 0.2) is 0 Å². The number of aryl methyl sites for hydroxylation is 1. The van der Waals surface area contributed by atoms with Crippen LogP contribution in [0.3, 0.4) is 0 Å². The van der Waals surface area contributed by atoms with Crippen LogP contribution in [0, 0.1) is 18.8 Å². The fraction of sp³-hybridized carbons (Fsp3) is 0.514. The molecule has 3 aromatic rings. The summed E-state index contributed by atoms with van der Waals surface area (Å²) in [5.74, 6) is -0.0431. The van der Waals surface area contributed by atoms with E-state index in [9.17, 15) is 23.1 Å². The van der Waals surface area contributed by atoms with Gasteiger partial charge in [-0.25, -0.2) is 18.2 Å². The maximum Gasteiger partial charge on any atom is 0.321 e. The van der Waals surface area contributed by atoms with E-state index in [0.29, 0.717) is 31.8 Å². The summed E-state index contributed by atoms with van der Waals surface area (Å²) in [6.07, 6.45) is -0.332. The highest BCUT2D eigenvalue weighted by atomic mass is 32.2. The molecule has 0 aliphatic carbocycles. The quantitative estimate of drug-likeness (QED) is 0.211. The molecule has 0 bridgehead atoms. The SMILES string of the molecule is CC[C@H](C)[C@@H](C(=O)N[C@@H](Cc1ccccc1)[C@H](O)CN(CC(C)C)S(=O)(=O)c1ccc(OC)cc1)N1CCN(Cc2csc(C)n2)C1=O. The monoisotopic (exact) mass is 699 g/mol. The Labute approximate surface area is 289 Å². The summed E-state index contributed by atoms with van der Waals surface area (Å²) in [6, 6.07) is 13.8. The molecule has 1 aliphatic heterocycles. The average molecular weight is 700 g/mol. The third-order valence-corrected chi connectivity index (χ3v) is 11.3. The zero-order valence-corrected chi connectivity index (χ0v) is 30.3. The van der Waals surface area contributed by atoms with Crippen molar-refractivity contribution in [3.05, 3.63) is 76.2 Å². The van der Waals surface area contributed by atoms with Gasteiger partial charge in [-0.05, 0) is 55.0 Å². The van der Waals surface area contributed by atoms with Crippen LogP contribution in [0.4, 0.5) is 4.79 Å². The molecule has 0 saturated carbocycles. The summed E-state index contributed by atoms with van der Waals surface area (Å²) >= 11 is 1.53. The number of benzene rings is 2. The summed E-state index contributed by atoms with van der Waals surface area (Å²) in [4.78, 5) is 35.8. The minimum Gasteiger partial charge on any atom is -0.497 e. The molecule has 1 aromatic heterocycles. The first kappa shape index (κ1) is 37.3. The highest BCUT2D eigenvalue weighted by molar-refractivity contribution is 7.89. The summed E-state index contributed by atoms with van der Waals surface area (Å²) in [5, 5.41) is 17.7. The molecule has 13 heteroatoms. The number of methoxy groups -OCH3 is 1. The smallest absolute Gasteiger partial charge is 0.321 e. The molecule has 0 unspecified atom stereocenters. The zero-order valence-electron chi connectivity index (χ0n) is 28.7. The number of aliphatic hydroxyl groups is 1. The first-order chi connectivity index (χ1) is 22.8. The lowest BCUT2D eigenvalue weighted by atomic mass is 9.95. The second-order valence-electron chi connectivity index (χ2n) is 12.8. The van der Waals surface area contributed by atoms with Crippen molar-refractivity contribution in [2.24, 2.45) is 11.8 Å². The Kier molecular flexibility index (Phi) is 13.0. The van der Waals surface area contributed by atoms with Crippen molar-refractivity contribution >= 4 is 33.3 Å². The molecule has 2 aromatic carbocycles. The maximum atomic E-state index is 14.2. The molecule has 2 N–H and O–H groups in total. The Morgan fingerprint density at radius 3 is 2.35 bits per heavy atom. The van der Waals surface area contributed by atoms with Gasteiger partial charge in [0.05, 0.1) is 41.4 Å². The molecule has 48 heavy (non-hydrogen) atoms. The third-order valence-electron chi connectivity index (χ3n) is 8.68. The number of carbonyl (C=O) groups excluding carboxylic acids is 2. The molecule has 1 fully saturated rings. The number of hydrogen-bond acceptors (Lipinski definition) is 8. The predicted octanol–water partition coefficient (Wildman–Crippen LogP) is 4.55. The van der Waals surface area contributed by atoms with E-state index in [0.717, 1.165) is 16.3 Å². The van der Waals surface area contributed by atoms with Crippen LogP contribution < -0.4 is 10.1 Å². The van der Waals surface area contributed by atoms with Crippen molar-refractivity contribution in [1.82, 2.24) is 24.4 Å². The van der Waals surface area contributed by atoms with Crippen LogP contribution in [0.25, 0.3) is 0 Å². The number of amides is 3. The molecule has 0 spiro atoms. The van der Waals surface area contributed by atoms with Gasteiger partial charge in [0.25, 0.3) is 0 Å². The summed E-state index contributed by atoms with van der Waals surface area (Å²) in [7, 11) is -2.48. The third kappa shape index (κ3) is 9.34. The highest BCUT2D eigenvalue weighted by Gasteiger charge is 2.41. The second kappa shape index (κ2) is 16.7. The number of nitrogens with zero attached hydrogens (tertiary/aromatic N) is 4. The zero-order chi connectivity index (χ0) is 35.0. The Morgan fingerprint density at radius 2 is 1.77 bits per heavy atom. The fourth-order valence-corrected chi connectivity index (χ4v) is 8.17. The number of hydrogen-bond donors (Lipinski definition) is 2.